The number of unbranched alkanes of at least 4 members (excludes halogenated alkanes) is 13. The van der Waals surface area contributed by atoms with Gasteiger partial charge in [0.05, 0.1) is 35.8 Å². The molecule has 0 aliphatic carbocycles. The number of hydrogen-bond acceptors (Lipinski definition) is 14. The highest BCUT2D eigenvalue weighted by Gasteiger charge is 2.35. The predicted molar refractivity (Wildman–Crippen MR) is 466 cm³/mol. The fraction of sp³-hybridized carbons (Fsp3) is 0.505. The number of nitrogens with one attached hydrogen (secondary N) is 2. The first kappa shape index (κ1) is 100. The van der Waals surface area contributed by atoms with Gasteiger partial charge in [-0.05, 0) is 213 Å². The Balaban J connectivity index is 0.000000511. The van der Waals surface area contributed by atoms with Crippen molar-refractivity contribution in [3.63, 3.8) is 0 Å². The van der Waals surface area contributed by atoms with Crippen LogP contribution >= 0.6 is 0 Å². The number of hydrazine groups is 1. The largest absolute Gasteiger partial charge is 0.519 e. The number of amides is 1. The van der Waals surface area contributed by atoms with E-state index in [4.69, 9.17) is 33.9 Å². The van der Waals surface area contributed by atoms with E-state index in [1.807, 2.05) is 64.2 Å². The quantitative estimate of drug-likeness (QED) is 0.00363. The summed E-state index contributed by atoms with van der Waals surface area (Å²) in [5.41, 5.74) is 11.4. The smallest absolute Gasteiger partial charge is 0.508 e. The maximum atomic E-state index is 13.0. The number of phenolic OH excluding ortho intramolecular Hbond substituents is 5. The second-order valence-corrected chi connectivity index (χ2v) is 35.0. The molecule has 18 nitrogen and oxygen atoms in total. The van der Waals surface area contributed by atoms with E-state index in [0.29, 0.717) is 35.8 Å². The van der Waals surface area contributed by atoms with Crippen molar-refractivity contribution in [1.29, 1.82) is 0 Å². The van der Waals surface area contributed by atoms with Gasteiger partial charge in [0, 0.05) is 35.9 Å². The molecule has 1 amide bonds. The van der Waals surface area contributed by atoms with Crippen LogP contribution in [0.1, 0.15) is 278 Å². The molecular weight excluding hydrogens is 1450 g/mol. The van der Waals surface area contributed by atoms with Crippen LogP contribution in [0.3, 0.4) is 0 Å². The summed E-state index contributed by atoms with van der Waals surface area (Å²) < 4.78 is 41.8. The van der Waals surface area contributed by atoms with Crippen molar-refractivity contribution in [1.82, 2.24) is 10.3 Å². The Kier molecular flexibility index (Phi) is 45.5. The van der Waals surface area contributed by atoms with E-state index in [1.54, 1.807) is 80.8 Å². The molecular formula is C95H136N6O12S. The number of carbonyl (C=O) groups excluding carboxylic acids is 2. The molecule has 624 valence electrons. The molecule has 1 unspecified atom stereocenters. The third-order valence-corrected chi connectivity index (χ3v) is 20.4. The Morgan fingerprint density at radius 1 is 0.553 bits per heavy atom. The molecule has 0 aromatic heterocycles. The lowest BCUT2D eigenvalue weighted by Crippen LogP contribution is -2.41. The van der Waals surface area contributed by atoms with E-state index in [1.165, 1.54) is 126 Å². The van der Waals surface area contributed by atoms with Gasteiger partial charge in [-0.1, -0.05) is 224 Å². The van der Waals surface area contributed by atoms with Gasteiger partial charge in [-0.25, -0.2) is 13.3 Å². The van der Waals surface area contributed by atoms with Crippen molar-refractivity contribution in [3.8, 4) is 40.2 Å². The summed E-state index contributed by atoms with van der Waals surface area (Å²) in [6.45, 7) is 61.2. The van der Waals surface area contributed by atoms with E-state index < -0.39 is 21.9 Å². The number of esters is 1. The van der Waals surface area contributed by atoms with Crippen LogP contribution in [0.15, 0.2) is 161 Å². The minimum absolute atomic E-state index is 0.00428. The molecule has 19 heteroatoms. The lowest BCUT2D eigenvalue weighted by molar-refractivity contribution is -0.138. The number of phenols is 5. The van der Waals surface area contributed by atoms with Crippen LogP contribution in [-0.4, -0.2) is 83.6 Å². The number of ether oxygens (including phenoxy) is 3. The Labute approximate surface area is 685 Å². The van der Waals surface area contributed by atoms with Gasteiger partial charge in [-0.3, -0.25) is 20.4 Å². The Bertz CT molecular complexity index is 4090. The zero-order valence-corrected chi connectivity index (χ0v) is 72.9. The zero-order valence-electron chi connectivity index (χ0n) is 72.1. The Morgan fingerprint density at radius 2 is 1.02 bits per heavy atom. The molecule has 6 rings (SSSR count). The maximum absolute atomic E-state index is 13.0. The van der Waals surface area contributed by atoms with Crippen LogP contribution in [0.5, 0.6) is 40.2 Å². The topological polar surface area (TPSA) is 238 Å². The lowest BCUT2D eigenvalue weighted by atomic mass is 9.69. The number of carbonyl (C=O) groups is 2. The molecule has 0 heterocycles. The fourth-order valence-corrected chi connectivity index (χ4v) is 14.5. The number of hydrogen-bond donors (Lipinski definition) is 7. The van der Waals surface area contributed by atoms with Gasteiger partial charge in [0.15, 0.2) is 6.10 Å². The molecule has 6 aromatic rings. The summed E-state index contributed by atoms with van der Waals surface area (Å²) in [5, 5.41) is 49.7. The van der Waals surface area contributed by atoms with Gasteiger partial charge >= 0.3 is 11.8 Å². The van der Waals surface area contributed by atoms with Gasteiger partial charge in [-0.15, -0.1) is 0 Å². The molecule has 0 aliphatic heterocycles. The lowest BCUT2D eigenvalue weighted by Gasteiger charge is -2.36. The molecule has 0 radical (unpaired) electrons. The summed E-state index contributed by atoms with van der Waals surface area (Å²) >= 11 is 0. The van der Waals surface area contributed by atoms with Gasteiger partial charge in [0.1, 0.15) is 53.4 Å². The molecule has 1 atom stereocenters. The van der Waals surface area contributed by atoms with Crippen LogP contribution in [0.4, 0.5) is 5.69 Å². The number of anilines is 1. The number of nitrogens with zero attached hydrogens (tertiary/aromatic N) is 4. The normalized spacial score (nSPS) is 11.7. The molecule has 114 heavy (non-hydrogen) atoms. The molecule has 0 saturated carbocycles. The van der Waals surface area contributed by atoms with Gasteiger partial charge in [0.2, 0.25) is 9.84 Å². The maximum Gasteiger partial charge on any atom is 0.519 e. The minimum Gasteiger partial charge on any atom is -0.508 e. The number of allylic oxidation sites excluding steroid dienone is 2. The van der Waals surface area contributed by atoms with Gasteiger partial charge in [0.25, 0.3) is 11.6 Å². The number of aromatic hydroxyl groups is 5. The summed E-state index contributed by atoms with van der Waals surface area (Å²) in [4.78, 5) is 36.6. The first-order valence-corrected chi connectivity index (χ1v) is 42.0. The predicted octanol–water partition coefficient (Wildman–Crippen LogP) is 24.6. The SMILES string of the molecule is CC(C)(C)CC(C)(C)c1cc(O)c(C(C)(C)CC(C)(C)C)cc1O.CCCCCCCCCCC(Oc1ccc(S(=O)(=O)c2ccc(O)cc2)cc1)C(=O)NNc1ccc(C)cc1.Cc1cc(O)c(C(C)C)cc1O.[C-]#[N+]/C(=C\c1ccc(OC)cc1)C(=O)OCCC.[C-]#[N+]C(=C/C=C\N(CCCCCC)CCCCCC)[N+]#[C-]. The van der Waals surface area contributed by atoms with Crippen molar-refractivity contribution in [2.24, 2.45) is 10.8 Å². The Morgan fingerprint density at radius 3 is 1.46 bits per heavy atom. The zero-order chi connectivity index (χ0) is 85.7. The average Bonchev–Trinajstić information content (AvgIpc) is 0.754. The standard InChI is InChI=1S/C31H40N2O5S.C22H38O2.C18H29N3.C14H15NO3.C10H14O2/c1-3-4-5-6-7-8-9-10-11-30(31(35)33-32-25-14-12-24(2)13-15-25)38-27-18-22-29(23-19-27)39(36,37)28-20-16-26(34)17-21-28;1-19(2,3)13-21(7,8)15-11-18(24)16(12-17(15)23)22(9,10)14-20(4,5)6;1-5-7-9-11-15-21(16-12-10-8-6-2)17-13-14-18(19-3)20-4;1-4-9-18-14(16)13(15-2)10-11-5-7-12(17-3)8-6-11;1-6(2)8-5-9(11)7(3)4-10(8)12/h12-23,30,32,34H,3-11H2,1-2H3,(H,33,35);11-12,23-24H,13-14H2,1-10H3;13-14,17H,5-12,15-16H2,1-2H3;5-8,10H,4,9H2,1,3H3;4-6,11-12H,1-3H3/b;;17-13-;13-10-;. The highest BCUT2D eigenvalue weighted by molar-refractivity contribution is 7.91. The van der Waals surface area contributed by atoms with Crippen LogP contribution < -0.4 is 20.3 Å². The van der Waals surface area contributed by atoms with Crippen molar-refractivity contribution < 1.29 is 57.8 Å². The third kappa shape index (κ3) is 39.2. The number of benzene rings is 6. The molecule has 0 aliphatic rings. The molecule has 7 N–H and O–H groups in total. The van der Waals surface area contributed by atoms with Crippen molar-refractivity contribution >= 4 is 33.5 Å². The molecule has 0 bridgehead atoms. The monoisotopic (exact) mass is 1580 g/mol. The van der Waals surface area contributed by atoms with Crippen molar-refractivity contribution in [3.05, 3.63) is 219 Å². The van der Waals surface area contributed by atoms with Crippen LogP contribution in [0.25, 0.3) is 20.6 Å². The van der Waals surface area contributed by atoms with Crippen LogP contribution in [0, 0.1) is 44.4 Å². The average molecular weight is 1590 g/mol. The van der Waals surface area contributed by atoms with E-state index in [2.05, 4.69) is 120 Å². The molecule has 0 spiro atoms. The fourth-order valence-electron chi connectivity index (χ4n) is 13.2. The summed E-state index contributed by atoms with van der Waals surface area (Å²) in [6, 6.07) is 33.0. The minimum atomic E-state index is -3.74. The summed E-state index contributed by atoms with van der Waals surface area (Å²) in [5.74, 6) is 1.71. The van der Waals surface area contributed by atoms with Crippen molar-refractivity contribution in [2.75, 3.05) is 32.2 Å². The van der Waals surface area contributed by atoms with E-state index >= 15 is 0 Å². The van der Waals surface area contributed by atoms with Crippen LogP contribution in [0.2, 0.25) is 0 Å². The third-order valence-electron chi connectivity index (χ3n) is 18.6. The number of sulfone groups is 1. The Hall–Kier alpha value is -9.90. The second kappa shape index (κ2) is 51.8. The van der Waals surface area contributed by atoms with Gasteiger partial charge in [-0.2, -0.15) is 9.69 Å². The number of methoxy groups -OCH3 is 1. The van der Waals surface area contributed by atoms with E-state index in [0.717, 1.165) is 90.9 Å². The first-order valence-electron chi connectivity index (χ1n) is 40.6. The highest BCUT2D eigenvalue weighted by atomic mass is 32.2. The van der Waals surface area contributed by atoms with Crippen LogP contribution in [-0.2, 0) is 35.0 Å². The molecule has 6 aromatic carbocycles. The van der Waals surface area contributed by atoms with E-state index in [9.17, 15) is 43.5 Å². The number of aryl methyl sites for hydroxylation is 2. The summed E-state index contributed by atoms with van der Waals surface area (Å²) in [7, 11) is -2.16. The first-order chi connectivity index (χ1) is 53.7. The van der Waals surface area contributed by atoms with Gasteiger partial charge < -0.3 is 44.6 Å². The van der Waals surface area contributed by atoms with Crippen molar-refractivity contribution in [2.45, 2.75) is 286 Å². The molecule has 0 fully saturated rings. The summed E-state index contributed by atoms with van der Waals surface area (Å²) in [6.07, 6.45) is 28.7. The number of rotatable bonds is 38. The second-order valence-electron chi connectivity index (χ2n) is 33.1. The van der Waals surface area contributed by atoms with E-state index in [-0.39, 0.29) is 72.0 Å². The molecule has 0 saturated heterocycles. The highest BCUT2D eigenvalue weighted by Crippen LogP contribution is 2.47.